The van der Waals surface area contributed by atoms with Gasteiger partial charge >= 0.3 is 5.97 Å². The summed E-state index contributed by atoms with van der Waals surface area (Å²) in [6, 6.07) is 0. The molecule has 4 saturated carbocycles. The molecule has 0 unspecified atom stereocenters. The molecule has 0 spiro atoms. The Morgan fingerprint density at radius 2 is 1.67 bits per heavy atom. The topological polar surface area (TPSA) is 54.4 Å². The summed E-state index contributed by atoms with van der Waals surface area (Å²) in [5.41, 5.74) is 1.86. The van der Waals surface area contributed by atoms with E-state index in [1.165, 1.54) is 12.0 Å². The van der Waals surface area contributed by atoms with Crippen LogP contribution in [0.25, 0.3) is 0 Å². The maximum Gasteiger partial charge on any atom is 0.309 e. The summed E-state index contributed by atoms with van der Waals surface area (Å²) in [7, 11) is 0. The molecule has 0 amide bonds. The normalized spacial score (nSPS) is 52.1. The highest BCUT2D eigenvalue weighted by atomic mass is 16.4. The van der Waals surface area contributed by atoms with E-state index < -0.39 is 11.4 Å². The number of aliphatic carboxylic acids is 1. The number of fused-ring (bicyclic) bond motifs is 7. The van der Waals surface area contributed by atoms with E-state index in [2.05, 4.69) is 54.2 Å². The molecule has 0 radical (unpaired) electrons. The largest absolute Gasteiger partial charge is 0.481 e. The van der Waals surface area contributed by atoms with Crippen molar-refractivity contribution in [2.24, 2.45) is 56.7 Å². The number of carbonyl (C=O) groups is 2. The van der Waals surface area contributed by atoms with Gasteiger partial charge in [0, 0.05) is 5.41 Å². The highest BCUT2D eigenvalue weighted by Crippen LogP contribution is 2.78. The van der Waals surface area contributed by atoms with Crippen LogP contribution >= 0.6 is 0 Å². The zero-order chi connectivity index (χ0) is 24.2. The number of carboxylic acid groups (broad SMARTS) is 1. The summed E-state index contributed by atoms with van der Waals surface area (Å²) in [5, 5.41) is 10.5. The number of aldehydes is 1. The minimum atomic E-state index is -0.568. The van der Waals surface area contributed by atoms with Crippen LogP contribution < -0.4 is 0 Å². The van der Waals surface area contributed by atoms with Crippen molar-refractivity contribution in [3.05, 3.63) is 23.8 Å². The summed E-state index contributed by atoms with van der Waals surface area (Å²) in [5.74, 6) is 1.38. The SMILES string of the molecule is C=C(C)[C@@H]1CC[C@]2(C(=O)O)CC[C@]3(C)[C@H](CC[C@@H]4[C@@]5(C)C(C=O)=CC(C)(C)[C@@H]5CC[C@]43C)[C@@H]12. The fraction of sp³-hybridized carbons (Fsp3) is 0.800. The lowest BCUT2D eigenvalue weighted by molar-refractivity contribution is -0.217. The van der Waals surface area contributed by atoms with Crippen molar-refractivity contribution in [2.45, 2.75) is 92.9 Å². The van der Waals surface area contributed by atoms with E-state index >= 15 is 0 Å². The lowest BCUT2D eigenvalue weighted by Gasteiger charge is -2.70. The molecule has 0 aromatic carbocycles. The van der Waals surface area contributed by atoms with E-state index in [1.54, 1.807) is 0 Å². The van der Waals surface area contributed by atoms with Crippen LogP contribution in [0.5, 0.6) is 0 Å². The number of hydrogen-bond acceptors (Lipinski definition) is 2. The Kier molecular flexibility index (Phi) is 4.85. The standard InChI is InChI=1S/C30H44O3/c1-18(2)20-10-13-30(25(32)33)15-14-27(5)21(24(20)30)8-9-23-28(27,6)12-11-22-26(3,4)16-19(17-31)29(22,23)7/h16-17,20-24H,1,8-15H2,2-7H3,(H,32,33)/t20-,21+,22-,23-,24+,27+,28+,29-,30-/m0/s1. The molecule has 3 nitrogen and oxygen atoms in total. The first-order chi connectivity index (χ1) is 15.3. The van der Waals surface area contributed by atoms with Crippen molar-refractivity contribution in [2.75, 3.05) is 0 Å². The molecule has 5 aliphatic carbocycles. The first-order valence-corrected chi connectivity index (χ1v) is 13.4. The minimum absolute atomic E-state index is 0.0611. The third-order valence-electron chi connectivity index (χ3n) is 12.8. The summed E-state index contributed by atoms with van der Waals surface area (Å²) >= 11 is 0. The Morgan fingerprint density at radius 3 is 2.27 bits per heavy atom. The number of carboxylic acids is 1. The van der Waals surface area contributed by atoms with Gasteiger partial charge in [-0.1, -0.05) is 52.8 Å². The lowest BCUT2D eigenvalue weighted by atomic mass is 9.34. The van der Waals surface area contributed by atoms with E-state index in [0.717, 1.165) is 56.8 Å². The van der Waals surface area contributed by atoms with Gasteiger partial charge in [-0.05, 0) is 110 Å². The first kappa shape index (κ1) is 23.4. The van der Waals surface area contributed by atoms with Crippen LogP contribution in [0.4, 0.5) is 0 Å². The van der Waals surface area contributed by atoms with E-state index in [0.29, 0.717) is 23.7 Å². The molecule has 33 heavy (non-hydrogen) atoms. The van der Waals surface area contributed by atoms with Crippen LogP contribution in [0.1, 0.15) is 92.9 Å². The predicted molar refractivity (Wildman–Crippen MR) is 132 cm³/mol. The molecule has 3 heteroatoms. The molecule has 5 rings (SSSR count). The molecule has 0 aliphatic heterocycles. The molecule has 0 bridgehead atoms. The average molecular weight is 453 g/mol. The summed E-state index contributed by atoms with van der Waals surface area (Å²) in [4.78, 5) is 25.1. The van der Waals surface area contributed by atoms with Crippen molar-refractivity contribution in [3.8, 4) is 0 Å². The molecular formula is C30H44O3. The van der Waals surface area contributed by atoms with Crippen molar-refractivity contribution in [3.63, 3.8) is 0 Å². The van der Waals surface area contributed by atoms with Crippen molar-refractivity contribution in [1.29, 1.82) is 0 Å². The Hall–Kier alpha value is -1.38. The third kappa shape index (κ3) is 2.58. The zero-order valence-corrected chi connectivity index (χ0v) is 21.7. The molecular weight excluding hydrogens is 408 g/mol. The van der Waals surface area contributed by atoms with E-state index in [1.807, 2.05) is 0 Å². The molecule has 5 aliphatic rings. The Morgan fingerprint density at radius 1 is 0.970 bits per heavy atom. The average Bonchev–Trinajstić information content (AvgIpc) is 3.22. The van der Waals surface area contributed by atoms with Gasteiger partial charge in [0.05, 0.1) is 5.41 Å². The van der Waals surface area contributed by atoms with Crippen LogP contribution in [0.3, 0.4) is 0 Å². The van der Waals surface area contributed by atoms with Gasteiger partial charge in [-0.25, -0.2) is 0 Å². The fourth-order valence-electron chi connectivity index (χ4n) is 11.1. The monoisotopic (exact) mass is 452 g/mol. The van der Waals surface area contributed by atoms with Gasteiger partial charge in [-0.3, -0.25) is 9.59 Å². The maximum atomic E-state index is 12.7. The quantitative estimate of drug-likeness (QED) is 0.368. The van der Waals surface area contributed by atoms with Crippen LogP contribution in [0, 0.1) is 56.7 Å². The van der Waals surface area contributed by atoms with E-state index in [9.17, 15) is 14.7 Å². The van der Waals surface area contributed by atoms with Gasteiger partial charge in [0.15, 0.2) is 0 Å². The first-order valence-electron chi connectivity index (χ1n) is 13.4. The Labute approximate surface area is 200 Å². The van der Waals surface area contributed by atoms with E-state index in [-0.39, 0.29) is 27.6 Å². The van der Waals surface area contributed by atoms with Gasteiger partial charge in [0.25, 0.3) is 0 Å². The third-order valence-corrected chi connectivity index (χ3v) is 12.8. The molecule has 0 aromatic rings. The van der Waals surface area contributed by atoms with Gasteiger partial charge in [-0.2, -0.15) is 0 Å². The summed E-state index contributed by atoms with van der Waals surface area (Å²) in [6.07, 6.45) is 11.6. The van der Waals surface area contributed by atoms with Gasteiger partial charge in [0.1, 0.15) is 6.29 Å². The minimum Gasteiger partial charge on any atom is -0.481 e. The second kappa shape index (κ2) is 6.85. The Bertz CT molecular complexity index is 944. The van der Waals surface area contributed by atoms with Gasteiger partial charge in [0.2, 0.25) is 0 Å². The molecule has 182 valence electrons. The fourth-order valence-corrected chi connectivity index (χ4v) is 11.1. The van der Waals surface area contributed by atoms with Gasteiger partial charge in [-0.15, -0.1) is 0 Å². The van der Waals surface area contributed by atoms with Crippen molar-refractivity contribution in [1.82, 2.24) is 0 Å². The number of rotatable bonds is 3. The molecule has 0 aromatic heterocycles. The highest BCUT2D eigenvalue weighted by Gasteiger charge is 2.72. The number of carbonyl (C=O) groups excluding carboxylic acids is 1. The van der Waals surface area contributed by atoms with E-state index in [4.69, 9.17) is 0 Å². The Balaban J connectivity index is 1.61. The van der Waals surface area contributed by atoms with Crippen molar-refractivity contribution >= 4 is 12.3 Å². The number of allylic oxidation sites excluding steroid dienone is 3. The molecule has 9 atom stereocenters. The lowest BCUT2D eigenvalue weighted by Crippen LogP contribution is -2.65. The second-order valence-electron chi connectivity index (χ2n) is 14.0. The highest BCUT2D eigenvalue weighted by molar-refractivity contribution is 5.78. The smallest absolute Gasteiger partial charge is 0.309 e. The molecule has 1 N–H and O–H groups in total. The van der Waals surface area contributed by atoms with Crippen LogP contribution in [-0.4, -0.2) is 17.4 Å². The molecule has 0 heterocycles. The second-order valence-corrected chi connectivity index (χ2v) is 14.0. The van der Waals surface area contributed by atoms with Crippen LogP contribution in [-0.2, 0) is 9.59 Å². The van der Waals surface area contributed by atoms with Gasteiger partial charge < -0.3 is 5.11 Å². The summed E-state index contributed by atoms with van der Waals surface area (Å²) in [6.45, 7) is 18.5. The van der Waals surface area contributed by atoms with Crippen LogP contribution in [0.2, 0.25) is 0 Å². The maximum absolute atomic E-state index is 12.7. The molecule has 4 fully saturated rings. The van der Waals surface area contributed by atoms with Crippen LogP contribution in [0.15, 0.2) is 23.8 Å². The molecule has 0 saturated heterocycles. The number of hydrogen-bond donors (Lipinski definition) is 1. The summed E-state index contributed by atoms with van der Waals surface area (Å²) < 4.78 is 0. The van der Waals surface area contributed by atoms with Crippen molar-refractivity contribution < 1.29 is 14.7 Å². The zero-order valence-electron chi connectivity index (χ0n) is 21.7. The predicted octanol–water partition coefficient (Wildman–Crippen LogP) is 7.07.